The summed E-state index contributed by atoms with van der Waals surface area (Å²) in [5.41, 5.74) is 1.68. The maximum absolute atomic E-state index is 11.8. The van der Waals surface area contributed by atoms with Crippen molar-refractivity contribution in [3.8, 4) is 0 Å². The summed E-state index contributed by atoms with van der Waals surface area (Å²) < 4.78 is 22.2. The third-order valence-electron chi connectivity index (χ3n) is 3.18. The third kappa shape index (κ3) is 3.16. The van der Waals surface area contributed by atoms with E-state index in [0.717, 1.165) is 11.8 Å². The summed E-state index contributed by atoms with van der Waals surface area (Å²) in [6.07, 6.45) is 4.67. The number of rotatable bonds is 4. The van der Waals surface area contributed by atoms with Crippen molar-refractivity contribution in [1.29, 1.82) is 0 Å². The van der Waals surface area contributed by atoms with Crippen LogP contribution < -0.4 is 0 Å². The number of sulfone groups is 1. The van der Waals surface area contributed by atoms with Crippen LogP contribution in [0.2, 0.25) is 0 Å². The van der Waals surface area contributed by atoms with E-state index in [-0.39, 0.29) is 5.78 Å². The monoisotopic (exact) mass is 252 g/mol. The molecule has 0 bridgehead atoms. The molecule has 0 radical (unpaired) electrons. The minimum atomic E-state index is -3.25. The number of Topliss-reactive ketones (excluding diaryl/α,β-unsaturated/α-hetero) is 1. The Morgan fingerprint density at radius 2 is 2.06 bits per heavy atom. The second-order valence-electron chi connectivity index (χ2n) is 4.75. The SMILES string of the molecule is CS(=O)(=O)CC(=O)c1cccc(C2CCC2)c1. The highest BCUT2D eigenvalue weighted by Gasteiger charge is 2.21. The van der Waals surface area contributed by atoms with Gasteiger partial charge in [-0.15, -0.1) is 0 Å². The standard InChI is InChI=1S/C13H16O3S/c1-17(15,16)9-13(14)12-7-3-6-11(8-12)10-4-2-5-10/h3,6-8,10H,2,4-5,9H2,1H3. The van der Waals surface area contributed by atoms with Gasteiger partial charge in [-0.3, -0.25) is 4.79 Å². The summed E-state index contributed by atoms with van der Waals surface area (Å²) >= 11 is 0. The van der Waals surface area contributed by atoms with Crippen LogP contribution in [0.1, 0.15) is 41.1 Å². The van der Waals surface area contributed by atoms with Crippen molar-refractivity contribution >= 4 is 15.6 Å². The van der Waals surface area contributed by atoms with Gasteiger partial charge in [0, 0.05) is 11.8 Å². The first-order valence-corrected chi connectivity index (χ1v) is 7.82. The van der Waals surface area contributed by atoms with Gasteiger partial charge in [-0.25, -0.2) is 8.42 Å². The Kier molecular flexibility index (Phi) is 3.33. The first-order valence-electron chi connectivity index (χ1n) is 5.76. The quantitative estimate of drug-likeness (QED) is 0.772. The maximum Gasteiger partial charge on any atom is 0.177 e. The fourth-order valence-electron chi connectivity index (χ4n) is 2.03. The Labute approximate surface area is 102 Å². The third-order valence-corrected chi connectivity index (χ3v) is 3.97. The molecule has 3 nitrogen and oxygen atoms in total. The van der Waals surface area contributed by atoms with Crippen molar-refractivity contribution < 1.29 is 13.2 Å². The van der Waals surface area contributed by atoms with Crippen LogP contribution in [-0.4, -0.2) is 26.2 Å². The van der Waals surface area contributed by atoms with Gasteiger partial charge >= 0.3 is 0 Å². The van der Waals surface area contributed by atoms with Crippen LogP contribution in [0.5, 0.6) is 0 Å². The zero-order valence-electron chi connectivity index (χ0n) is 9.85. The number of hydrogen-bond acceptors (Lipinski definition) is 3. The molecule has 0 unspecified atom stereocenters. The van der Waals surface area contributed by atoms with Crippen molar-refractivity contribution in [3.05, 3.63) is 35.4 Å². The highest BCUT2D eigenvalue weighted by Crippen LogP contribution is 2.36. The fourth-order valence-corrected chi connectivity index (χ4v) is 2.67. The molecule has 1 aromatic rings. The molecule has 1 fully saturated rings. The van der Waals surface area contributed by atoms with Gasteiger partial charge in [0.15, 0.2) is 15.6 Å². The number of carbonyl (C=O) groups excluding carboxylic acids is 1. The number of hydrogen-bond donors (Lipinski definition) is 0. The largest absolute Gasteiger partial charge is 0.293 e. The van der Waals surface area contributed by atoms with Crippen molar-refractivity contribution in [3.63, 3.8) is 0 Å². The van der Waals surface area contributed by atoms with Crippen LogP contribution in [0.15, 0.2) is 24.3 Å². The molecule has 0 N–H and O–H groups in total. The molecule has 0 heterocycles. The maximum atomic E-state index is 11.8. The van der Waals surface area contributed by atoms with Gasteiger partial charge in [0.2, 0.25) is 0 Å². The van der Waals surface area contributed by atoms with Crippen LogP contribution in [-0.2, 0) is 9.84 Å². The van der Waals surface area contributed by atoms with E-state index in [1.54, 1.807) is 6.07 Å². The second-order valence-corrected chi connectivity index (χ2v) is 6.89. The number of carbonyl (C=O) groups is 1. The molecule has 1 aliphatic carbocycles. The molecule has 0 aromatic heterocycles. The first kappa shape index (κ1) is 12.3. The Hall–Kier alpha value is -1.16. The lowest BCUT2D eigenvalue weighted by molar-refractivity contribution is 0.102. The van der Waals surface area contributed by atoms with Crippen LogP contribution in [0.25, 0.3) is 0 Å². The summed E-state index contributed by atoms with van der Waals surface area (Å²) in [4.78, 5) is 11.8. The summed E-state index contributed by atoms with van der Waals surface area (Å²) in [5, 5.41) is 0. The molecule has 4 heteroatoms. The average molecular weight is 252 g/mol. The lowest BCUT2D eigenvalue weighted by Crippen LogP contribution is -2.15. The molecule has 0 spiro atoms. The van der Waals surface area contributed by atoms with E-state index in [9.17, 15) is 13.2 Å². The fraction of sp³-hybridized carbons (Fsp3) is 0.462. The van der Waals surface area contributed by atoms with E-state index >= 15 is 0 Å². The van der Waals surface area contributed by atoms with Crippen molar-refractivity contribution in [2.24, 2.45) is 0 Å². The minimum absolute atomic E-state index is 0.311. The van der Waals surface area contributed by atoms with Crippen molar-refractivity contribution in [2.45, 2.75) is 25.2 Å². The predicted octanol–water partition coefficient (Wildman–Crippen LogP) is 2.18. The number of benzene rings is 1. The first-order chi connectivity index (χ1) is 7.96. The van der Waals surface area contributed by atoms with Crippen molar-refractivity contribution in [1.82, 2.24) is 0 Å². The van der Waals surface area contributed by atoms with Gasteiger partial charge in [0.05, 0.1) is 0 Å². The molecule has 2 rings (SSSR count). The highest BCUT2D eigenvalue weighted by atomic mass is 32.2. The smallest absolute Gasteiger partial charge is 0.177 e. The zero-order valence-corrected chi connectivity index (χ0v) is 10.7. The lowest BCUT2D eigenvalue weighted by Gasteiger charge is -2.26. The lowest BCUT2D eigenvalue weighted by atomic mass is 9.79. The van der Waals surface area contributed by atoms with Gasteiger partial charge in [-0.05, 0) is 30.4 Å². The van der Waals surface area contributed by atoms with Gasteiger partial charge in [-0.2, -0.15) is 0 Å². The molecule has 1 saturated carbocycles. The van der Waals surface area contributed by atoms with Gasteiger partial charge in [0.25, 0.3) is 0 Å². The molecule has 0 amide bonds. The van der Waals surface area contributed by atoms with E-state index in [1.807, 2.05) is 18.2 Å². The summed E-state index contributed by atoms with van der Waals surface area (Å²) in [6, 6.07) is 7.39. The Balaban J connectivity index is 2.18. The summed E-state index contributed by atoms with van der Waals surface area (Å²) in [6.45, 7) is 0. The van der Waals surface area contributed by atoms with Gasteiger partial charge < -0.3 is 0 Å². The molecular weight excluding hydrogens is 236 g/mol. The summed E-state index contributed by atoms with van der Waals surface area (Å²) in [5.74, 6) is -0.157. The highest BCUT2D eigenvalue weighted by molar-refractivity contribution is 7.91. The van der Waals surface area contributed by atoms with Crippen LogP contribution >= 0.6 is 0 Å². The summed E-state index contributed by atoms with van der Waals surface area (Å²) in [7, 11) is -3.25. The molecule has 0 atom stereocenters. The molecule has 17 heavy (non-hydrogen) atoms. The van der Waals surface area contributed by atoms with E-state index in [1.165, 1.54) is 19.3 Å². The van der Waals surface area contributed by atoms with Gasteiger partial charge in [-0.1, -0.05) is 24.6 Å². The normalized spacial score (nSPS) is 16.5. The number of ketones is 1. The van der Waals surface area contributed by atoms with Gasteiger partial charge in [0.1, 0.15) is 5.75 Å². The van der Waals surface area contributed by atoms with Crippen molar-refractivity contribution in [2.75, 3.05) is 12.0 Å². The zero-order chi connectivity index (χ0) is 12.5. The van der Waals surface area contributed by atoms with E-state index in [2.05, 4.69) is 0 Å². The second kappa shape index (κ2) is 4.61. The van der Waals surface area contributed by atoms with E-state index < -0.39 is 15.6 Å². The predicted molar refractivity (Wildman–Crippen MR) is 67.1 cm³/mol. The molecular formula is C13H16O3S. The van der Waals surface area contributed by atoms with Crippen LogP contribution in [0.3, 0.4) is 0 Å². The Morgan fingerprint density at radius 3 is 2.59 bits per heavy atom. The Morgan fingerprint density at radius 1 is 1.35 bits per heavy atom. The molecule has 0 aliphatic heterocycles. The van der Waals surface area contributed by atoms with Crippen LogP contribution in [0.4, 0.5) is 0 Å². The molecule has 1 aromatic carbocycles. The Bertz CT molecular complexity index is 527. The molecule has 1 aliphatic rings. The average Bonchev–Trinajstić information content (AvgIpc) is 2.12. The topological polar surface area (TPSA) is 51.2 Å². The van der Waals surface area contributed by atoms with Crippen LogP contribution in [0, 0.1) is 0 Å². The molecule has 92 valence electrons. The minimum Gasteiger partial charge on any atom is -0.293 e. The molecule has 0 saturated heterocycles. The van der Waals surface area contributed by atoms with E-state index in [0.29, 0.717) is 11.5 Å². The van der Waals surface area contributed by atoms with E-state index in [4.69, 9.17) is 0 Å².